The summed E-state index contributed by atoms with van der Waals surface area (Å²) in [5, 5.41) is 18.4. The molecule has 0 spiro atoms. The van der Waals surface area contributed by atoms with Gasteiger partial charge >= 0.3 is 5.97 Å². The van der Waals surface area contributed by atoms with Crippen LogP contribution < -0.4 is 5.32 Å². The third kappa shape index (κ3) is 1.68. The molecule has 6 heteroatoms. The molecular weight excluding hydrogens is 306 g/mol. The molecule has 1 fully saturated rings. The van der Waals surface area contributed by atoms with Crippen LogP contribution in [0.1, 0.15) is 45.2 Å². The molecule has 118 valence electrons. The summed E-state index contributed by atoms with van der Waals surface area (Å²) in [7, 11) is 0. The Morgan fingerprint density at radius 3 is 2.83 bits per heavy atom. The summed E-state index contributed by atoms with van der Waals surface area (Å²) in [6, 6.07) is 9.32. The monoisotopic (exact) mass is 319 g/mol. The number of carbonyl (C=O) groups is 2. The molecule has 0 bridgehead atoms. The molecule has 5 rings (SSSR count). The number of anilines is 1. The van der Waals surface area contributed by atoms with Crippen LogP contribution in [0.4, 0.5) is 5.69 Å². The van der Waals surface area contributed by atoms with Crippen LogP contribution in [0.25, 0.3) is 16.5 Å². The lowest BCUT2D eigenvalue weighted by atomic mass is 10.0. The summed E-state index contributed by atoms with van der Waals surface area (Å²) >= 11 is 0. The molecule has 1 aliphatic heterocycles. The third-order valence-electron chi connectivity index (χ3n) is 4.74. The average molecular weight is 319 g/mol. The van der Waals surface area contributed by atoms with Gasteiger partial charge in [0.2, 0.25) is 0 Å². The fourth-order valence-electron chi connectivity index (χ4n) is 3.52. The molecule has 1 aliphatic carbocycles. The molecule has 3 aromatic rings. The predicted octanol–water partition coefficient (Wildman–Crippen LogP) is 3.17. The molecule has 2 N–H and O–H groups in total. The van der Waals surface area contributed by atoms with E-state index < -0.39 is 5.97 Å². The van der Waals surface area contributed by atoms with Gasteiger partial charge in [0.15, 0.2) is 0 Å². The molecular formula is C18H13N3O3. The number of carboxylic acid groups (broad SMARTS) is 1. The fraction of sp³-hybridized carbons (Fsp3) is 0.167. The van der Waals surface area contributed by atoms with Crippen LogP contribution in [-0.2, 0) is 0 Å². The Balaban J connectivity index is 1.82. The lowest BCUT2D eigenvalue weighted by Crippen LogP contribution is -2.06. The van der Waals surface area contributed by atoms with Crippen LogP contribution in [0.3, 0.4) is 0 Å². The summed E-state index contributed by atoms with van der Waals surface area (Å²) in [4.78, 5) is 23.6. The molecule has 1 aromatic heterocycles. The van der Waals surface area contributed by atoms with Crippen molar-refractivity contribution in [3.63, 3.8) is 0 Å². The van der Waals surface area contributed by atoms with Crippen molar-refractivity contribution < 1.29 is 14.7 Å². The molecule has 0 radical (unpaired) electrons. The zero-order valence-corrected chi connectivity index (χ0v) is 12.6. The number of carboxylic acids is 1. The fourth-order valence-corrected chi connectivity index (χ4v) is 3.52. The Kier molecular flexibility index (Phi) is 2.46. The first-order valence-electron chi connectivity index (χ1n) is 7.84. The maximum Gasteiger partial charge on any atom is 0.339 e. The van der Waals surface area contributed by atoms with Gasteiger partial charge in [-0.25, -0.2) is 9.48 Å². The van der Waals surface area contributed by atoms with Crippen LogP contribution in [0.5, 0.6) is 0 Å². The average Bonchev–Trinajstić information content (AvgIpc) is 3.23. The van der Waals surface area contributed by atoms with Gasteiger partial charge in [0.1, 0.15) is 5.56 Å². The Bertz CT molecular complexity index is 1050. The van der Waals surface area contributed by atoms with E-state index in [-0.39, 0.29) is 17.4 Å². The van der Waals surface area contributed by atoms with Crippen molar-refractivity contribution >= 4 is 28.3 Å². The lowest BCUT2D eigenvalue weighted by molar-refractivity contribution is 0.0695. The van der Waals surface area contributed by atoms with Gasteiger partial charge < -0.3 is 10.4 Å². The van der Waals surface area contributed by atoms with E-state index in [0.29, 0.717) is 5.56 Å². The van der Waals surface area contributed by atoms with Gasteiger partial charge in [0.25, 0.3) is 5.91 Å². The van der Waals surface area contributed by atoms with E-state index in [4.69, 9.17) is 0 Å². The van der Waals surface area contributed by atoms with Crippen molar-refractivity contribution in [2.45, 2.75) is 18.8 Å². The summed E-state index contributed by atoms with van der Waals surface area (Å²) in [6.45, 7) is 0. The second-order valence-corrected chi connectivity index (χ2v) is 6.25. The zero-order chi connectivity index (χ0) is 16.4. The Hall–Kier alpha value is -3.15. The van der Waals surface area contributed by atoms with E-state index in [9.17, 15) is 14.7 Å². The van der Waals surface area contributed by atoms with Gasteiger partial charge in [0.05, 0.1) is 17.6 Å². The Labute approximate surface area is 136 Å². The number of aromatic nitrogens is 2. The number of amides is 1. The molecule has 2 heterocycles. The molecule has 6 nitrogen and oxygen atoms in total. The number of benzene rings is 2. The second-order valence-electron chi connectivity index (χ2n) is 6.25. The van der Waals surface area contributed by atoms with Gasteiger partial charge in [-0.2, -0.15) is 5.10 Å². The number of hydrogen-bond acceptors (Lipinski definition) is 3. The minimum atomic E-state index is -0.953. The molecule has 2 aromatic carbocycles. The van der Waals surface area contributed by atoms with Crippen LogP contribution in [0.15, 0.2) is 36.5 Å². The molecule has 1 saturated carbocycles. The quantitative estimate of drug-likeness (QED) is 0.776. The van der Waals surface area contributed by atoms with Crippen LogP contribution in [0, 0.1) is 0 Å². The number of aromatic carboxylic acids is 1. The standard InChI is InChI=1S/C18H13N3O3/c22-17-11-3-1-2-10-14(7-6-13(20-17)15(10)11)21-16(9-4-5-9)12(8-19-21)18(23)24/h1-3,6-9H,4-5H2,(H,20,22)(H,23,24). The van der Waals surface area contributed by atoms with Crippen molar-refractivity contribution in [3.05, 3.63) is 53.3 Å². The van der Waals surface area contributed by atoms with Gasteiger partial charge in [0, 0.05) is 27.9 Å². The molecule has 24 heavy (non-hydrogen) atoms. The molecule has 0 atom stereocenters. The number of nitrogens with one attached hydrogen (secondary N) is 1. The first-order valence-corrected chi connectivity index (χ1v) is 7.84. The van der Waals surface area contributed by atoms with Crippen LogP contribution >= 0.6 is 0 Å². The highest BCUT2D eigenvalue weighted by molar-refractivity contribution is 6.25. The number of hydrogen-bond donors (Lipinski definition) is 2. The predicted molar refractivity (Wildman–Crippen MR) is 88.0 cm³/mol. The minimum absolute atomic E-state index is 0.109. The van der Waals surface area contributed by atoms with Gasteiger partial charge in [-0.1, -0.05) is 12.1 Å². The van der Waals surface area contributed by atoms with Gasteiger partial charge in [-0.3, -0.25) is 4.79 Å². The largest absolute Gasteiger partial charge is 0.478 e. The maximum absolute atomic E-state index is 12.1. The minimum Gasteiger partial charge on any atom is -0.478 e. The van der Waals surface area contributed by atoms with E-state index >= 15 is 0 Å². The third-order valence-corrected chi connectivity index (χ3v) is 4.74. The maximum atomic E-state index is 12.1. The number of rotatable bonds is 3. The molecule has 2 aliphatic rings. The van der Waals surface area contributed by atoms with Crippen molar-refractivity contribution in [1.29, 1.82) is 0 Å². The highest BCUT2D eigenvalue weighted by Crippen LogP contribution is 2.44. The van der Waals surface area contributed by atoms with E-state index in [1.54, 1.807) is 10.7 Å². The summed E-state index contributed by atoms with van der Waals surface area (Å²) in [6.07, 6.45) is 3.38. The van der Waals surface area contributed by atoms with Crippen molar-refractivity contribution in [1.82, 2.24) is 9.78 Å². The smallest absolute Gasteiger partial charge is 0.339 e. The molecule has 0 unspecified atom stereocenters. The van der Waals surface area contributed by atoms with Crippen LogP contribution in [-0.4, -0.2) is 26.8 Å². The van der Waals surface area contributed by atoms with Crippen molar-refractivity contribution in [2.75, 3.05) is 5.32 Å². The summed E-state index contributed by atoms with van der Waals surface area (Å²) < 4.78 is 1.73. The van der Waals surface area contributed by atoms with E-state index in [1.165, 1.54) is 6.20 Å². The SMILES string of the molecule is O=C(O)c1cnn(-c2ccc3c4c(cccc24)C(=O)N3)c1C1CC1. The first-order chi connectivity index (χ1) is 11.6. The molecule has 0 saturated heterocycles. The van der Waals surface area contributed by atoms with E-state index in [0.717, 1.165) is 40.7 Å². The normalized spacial score (nSPS) is 15.8. The molecule has 1 amide bonds. The Morgan fingerprint density at radius 2 is 2.08 bits per heavy atom. The summed E-state index contributed by atoms with van der Waals surface area (Å²) in [5.74, 6) is -0.825. The van der Waals surface area contributed by atoms with Gasteiger partial charge in [-0.05, 0) is 31.0 Å². The van der Waals surface area contributed by atoms with Crippen LogP contribution in [0.2, 0.25) is 0 Å². The van der Waals surface area contributed by atoms with Crippen molar-refractivity contribution in [2.24, 2.45) is 0 Å². The lowest BCUT2D eigenvalue weighted by Gasteiger charge is -2.11. The van der Waals surface area contributed by atoms with Gasteiger partial charge in [-0.15, -0.1) is 0 Å². The number of nitrogens with zero attached hydrogens (tertiary/aromatic N) is 2. The first kappa shape index (κ1) is 13.3. The van der Waals surface area contributed by atoms with E-state index in [2.05, 4.69) is 10.4 Å². The van der Waals surface area contributed by atoms with Crippen molar-refractivity contribution in [3.8, 4) is 5.69 Å². The summed E-state index contributed by atoms with van der Waals surface area (Å²) in [5.41, 5.74) is 3.24. The second kappa shape index (κ2) is 4.44. The number of carbonyl (C=O) groups excluding carboxylic acids is 1. The Morgan fingerprint density at radius 1 is 1.25 bits per heavy atom. The zero-order valence-electron chi connectivity index (χ0n) is 12.6. The topological polar surface area (TPSA) is 84.2 Å². The highest BCUT2D eigenvalue weighted by atomic mass is 16.4. The van der Waals surface area contributed by atoms with E-state index in [1.807, 2.05) is 24.3 Å². The highest BCUT2D eigenvalue weighted by Gasteiger charge is 2.33.